The van der Waals surface area contributed by atoms with Gasteiger partial charge in [0.05, 0.1) is 5.69 Å². The van der Waals surface area contributed by atoms with Crippen LogP contribution >= 0.6 is 0 Å². The molecule has 1 fully saturated rings. The summed E-state index contributed by atoms with van der Waals surface area (Å²) in [6, 6.07) is 7.78. The lowest BCUT2D eigenvalue weighted by Gasteiger charge is -2.24. The van der Waals surface area contributed by atoms with Gasteiger partial charge in [0.25, 0.3) is 0 Å². The van der Waals surface area contributed by atoms with Crippen molar-refractivity contribution in [2.45, 2.75) is 39.5 Å². The Hall–Kier alpha value is -2.10. The summed E-state index contributed by atoms with van der Waals surface area (Å²) in [6.07, 6.45) is 4.26. The number of hydrogen-bond donors (Lipinski definition) is 1. The Morgan fingerprint density at radius 3 is 2.76 bits per heavy atom. The van der Waals surface area contributed by atoms with E-state index < -0.39 is 0 Å². The fourth-order valence-electron chi connectivity index (χ4n) is 2.63. The van der Waals surface area contributed by atoms with E-state index in [1.807, 2.05) is 38.1 Å². The molecule has 4 heteroatoms. The first-order valence-corrected chi connectivity index (χ1v) is 7.46. The fraction of sp³-hybridized carbons (Fsp3) is 0.412. The van der Waals surface area contributed by atoms with E-state index in [0.29, 0.717) is 12.3 Å². The van der Waals surface area contributed by atoms with Crippen molar-refractivity contribution in [2.24, 2.45) is 5.92 Å². The molecule has 3 rings (SSSR count). The van der Waals surface area contributed by atoms with E-state index in [1.165, 1.54) is 19.3 Å². The molecule has 0 bridgehead atoms. The molecule has 110 valence electrons. The molecule has 0 spiro atoms. The van der Waals surface area contributed by atoms with Crippen molar-refractivity contribution in [3.8, 4) is 11.3 Å². The van der Waals surface area contributed by atoms with Gasteiger partial charge in [0.1, 0.15) is 0 Å². The lowest BCUT2D eigenvalue weighted by atomic mass is 9.83. The zero-order chi connectivity index (χ0) is 14.8. The van der Waals surface area contributed by atoms with Crippen LogP contribution in [-0.2, 0) is 4.79 Å². The second-order valence-corrected chi connectivity index (χ2v) is 5.91. The highest BCUT2D eigenvalue weighted by atomic mass is 16.5. The molecule has 0 saturated heterocycles. The first-order valence-electron chi connectivity index (χ1n) is 7.46. The van der Waals surface area contributed by atoms with Crippen molar-refractivity contribution in [3.05, 3.63) is 35.5 Å². The summed E-state index contributed by atoms with van der Waals surface area (Å²) >= 11 is 0. The molecule has 1 amide bonds. The minimum Gasteiger partial charge on any atom is -0.356 e. The van der Waals surface area contributed by atoms with Crippen molar-refractivity contribution in [3.63, 3.8) is 0 Å². The predicted molar refractivity (Wildman–Crippen MR) is 82.0 cm³/mol. The average Bonchev–Trinajstić information content (AvgIpc) is 2.83. The predicted octanol–water partition coefficient (Wildman–Crippen LogP) is 4.09. The third-order valence-corrected chi connectivity index (χ3v) is 4.11. The highest BCUT2D eigenvalue weighted by Crippen LogP contribution is 2.30. The number of nitrogens with zero attached hydrogens (tertiary/aromatic N) is 1. The number of amides is 1. The summed E-state index contributed by atoms with van der Waals surface area (Å²) in [5.74, 6) is 1.41. The number of aryl methyl sites for hydroxylation is 2. The van der Waals surface area contributed by atoms with Crippen LogP contribution in [0.25, 0.3) is 11.3 Å². The number of carbonyl (C=O) groups is 1. The zero-order valence-electron chi connectivity index (χ0n) is 12.5. The van der Waals surface area contributed by atoms with Crippen molar-refractivity contribution >= 4 is 11.6 Å². The van der Waals surface area contributed by atoms with Gasteiger partial charge in [0.2, 0.25) is 5.91 Å². The number of anilines is 1. The molecular weight excluding hydrogens is 264 g/mol. The molecule has 1 aromatic carbocycles. The van der Waals surface area contributed by atoms with E-state index in [4.69, 9.17) is 4.52 Å². The third kappa shape index (κ3) is 3.15. The molecular formula is C17H20N2O2. The van der Waals surface area contributed by atoms with Crippen LogP contribution in [0.1, 0.15) is 36.9 Å². The Morgan fingerprint density at radius 1 is 1.33 bits per heavy atom. The average molecular weight is 284 g/mol. The van der Waals surface area contributed by atoms with Crippen LogP contribution in [0.5, 0.6) is 0 Å². The smallest absolute Gasteiger partial charge is 0.224 e. The van der Waals surface area contributed by atoms with Gasteiger partial charge in [-0.1, -0.05) is 17.6 Å². The Balaban J connectivity index is 1.75. The van der Waals surface area contributed by atoms with E-state index >= 15 is 0 Å². The number of hydrogen-bond acceptors (Lipinski definition) is 3. The topological polar surface area (TPSA) is 55.1 Å². The van der Waals surface area contributed by atoms with Crippen molar-refractivity contribution < 1.29 is 9.32 Å². The number of aromatic nitrogens is 1. The molecule has 1 saturated carbocycles. The molecule has 0 aliphatic heterocycles. The van der Waals surface area contributed by atoms with Gasteiger partial charge in [-0.3, -0.25) is 4.79 Å². The highest BCUT2D eigenvalue weighted by molar-refractivity contribution is 5.91. The van der Waals surface area contributed by atoms with Crippen molar-refractivity contribution in [1.82, 2.24) is 5.16 Å². The van der Waals surface area contributed by atoms with Crippen LogP contribution in [-0.4, -0.2) is 11.1 Å². The summed E-state index contributed by atoms with van der Waals surface area (Å²) in [5, 5.41) is 6.90. The van der Waals surface area contributed by atoms with Crippen LogP contribution < -0.4 is 5.32 Å². The molecule has 1 N–H and O–H groups in total. The summed E-state index contributed by atoms with van der Waals surface area (Å²) in [4.78, 5) is 12.0. The summed E-state index contributed by atoms with van der Waals surface area (Å²) in [6.45, 7) is 3.92. The minimum atomic E-state index is 0.100. The third-order valence-electron chi connectivity index (χ3n) is 4.11. The number of benzene rings is 1. The lowest BCUT2D eigenvalue weighted by molar-refractivity contribution is -0.117. The minimum absolute atomic E-state index is 0.100. The summed E-state index contributed by atoms with van der Waals surface area (Å²) in [5.41, 5.74) is 3.73. The first kappa shape index (κ1) is 13.9. The molecule has 1 heterocycles. The van der Waals surface area contributed by atoms with Gasteiger partial charge in [-0.2, -0.15) is 0 Å². The van der Waals surface area contributed by atoms with Crippen molar-refractivity contribution in [1.29, 1.82) is 0 Å². The van der Waals surface area contributed by atoms with Crippen LogP contribution in [0.15, 0.2) is 28.8 Å². The molecule has 2 aromatic rings. The van der Waals surface area contributed by atoms with Gasteiger partial charge in [-0.15, -0.1) is 0 Å². The lowest BCUT2D eigenvalue weighted by Crippen LogP contribution is -2.20. The van der Waals surface area contributed by atoms with Gasteiger partial charge in [-0.25, -0.2) is 0 Å². The van der Waals surface area contributed by atoms with Crippen LogP contribution in [0.4, 0.5) is 5.69 Å². The normalized spacial score (nSPS) is 14.8. The number of rotatable bonds is 4. The Bertz CT molecular complexity index is 657. The summed E-state index contributed by atoms with van der Waals surface area (Å²) in [7, 11) is 0. The van der Waals surface area contributed by atoms with Crippen molar-refractivity contribution in [2.75, 3.05) is 5.32 Å². The van der Waals surface area contributed by atoms with E-state index in [1.54, 1.807) is 0 Å². The molecule has 1 aliphatic rings. The maximum Gasteiger partial charge on any atom is 0.224 e. The Kier molecular flexibility index (Phi) is 3.78. The van der Waals surface area contributed by atoms with Gasteiger partial charge >= 0.3 is 0 Å². The maximum absolute atomic E-state index is 12.0. The Labute approximate surface area is 124 Å². The zero-order valence-corrected chi connectivity index (χ0v) is 12.5. The largest absolute Gasteiger partial charge is 0.356 e. The highest BCUT2D eigenvalue weighted by Gasteiger charge is 2.20. The monoisotopic (exact) mass is 284 g/mol. The second kappa shape index (κ2) is 5.72. The molecule has 1 aromatic heterocycles. The van der Waals surface area contributed by atoms with Gasteiger partial charge < -0.3 is 9.84 Å². The molecule has 1 aliphatic carbocycles. The Morgan fingerprint density at radius 2 is 2.14 bits per heavy atom. The van der Waals surface area contributed by atoms with Gasteiger partial charge in [0.15, 0.2) is 5.76 Å². The SMILES string of the molecule is Cc1cc(-c2cc(NC(=O)CC3CCC3)ccc2C)on1. The molecule has 0 radical (unpaired) electrons. The molecule has 4 nitrogen and oxygen atoms in total. The van der Waals surface area contributed by atoms with Crippen LogP contribution in [0, 0.1) is 19.8 Å². The molecule has 21 heavy (non-hydrogen) atoms. The molecule has 0 atom stereocenters. The van der Waals surface area contributed by atoms with Gasteiger partial charge in [0, 0.05) is 23.7 Å². The number of nitrogens with one attached hydrogen (secondary N) is 1. The fourth-order valence-corrected chi connectivity index (χ4v) is 2.63. The van der Waals surface area contributed by atoms with Crippen LogP contribution in [0.3, 0.4) is 0 Å². The maximum atomic E-state index is 12.0. The number of carbonyl (C=O) groups excluding carboxylic acids is 1. The quantitative estimate of drug-likeness (QED) is 0.920. The first-order chi connectivity index (χ1) is 10.1. The van der Waals surface area contributed by atoms with E-state index in [0.717, 1.165) is 28.3 Å². The summed E-state index contributed by atoms with van der Waals surface area (Å²) < 4.78 is 5.32. The van der Waals surface area contributed by atoms with E-state index in [2.05, 4.69) is 10.5 Å². The van der Waals surface area contributed by atoms with Gasteiger partial charge in [-0.05, 0) is 50.3 Å². The molecule has 0 unspecified atom stereocenters. The van der Waals surface area contributed by atoms with E-state index in [-0.39, 0.29) is 5.91 Å². The van der Waals surface area contributed by atoms with Crippen LogP contribution in [0.2, 0.25) is 0 Å². The standard InChI is InChI=1S/C17H20N2O2/c1-11-6-7-14(18-17(20)9-13-4-3-5-13)10-15(11)16-8-12(2)19-21-16/h6-8,10,13H,3-5,9H2,1-2H3,(H,18,20). The second-order valence-electron chi connectivity index (χ2n) is 5.91. The van der Waals surface area contributed by atoms with E-state index in [9.17, 15) is 4.79 Å².